The Morgan fingerprint density at radius 1 is 0.857 bits per heavy atom. The first-order valence-electron chi connectivity index (χ1n) is 9.42. The van der Waals surface area contributed by atoms with E-state index in [1.54, 1.807) is 11.0 Å². The third-order valence-corrected chi connectivity index (χ3v) is 5.72. The van der Waals surface area contributed by atoms with E-state index < -0.39 is 5.72 Å². The quantitative estimate of drug-likeness (QED) is 0.649. The van der Waals surface area contributed by atoms with E-state index in [-0.39, 0.29) is 17.8 Å². The Morgan fingerprint density at radius 2 is 1.50 bits per heavy atom. The monoisotopic (exact) mass is 369 g/mol. The van der Waals surface area contributed by atoms with Crippen molar-refractivity contribution in [2.24, 2.45) is 0 Å². The molecule has 1 spiro atoms. The average molecular weight is 369 g/mol. The van der Waals surface area contributed by atoms with Crippen LogP contribution >= 0.6 is 0 Å². The van der Waals surface area contributed by atoms with E-state index >= 15 is 0 Å². The molecule has 28 heavy (non-hydrogen) atoms. The van der Waals surface area contributed by atoms with Gasteiger partial charge < -0.3 is 4.74 Å². The number of likely N-dealkylation sites (tertiary alicyclic amines) is 1. The number of ether oxygens (including phenoxy) is 1. The van der Waals surface area contributed by atoms with Crippen LogP contribution in [0, 0.1) is 0 Å². The molecular formula is C24H19NO3. The highest BCUT2D eigenvalue weighted by Crippen LogP contribution is 2.55. The van der Waals surface area contributed by atoms with Gasteiger partial charge >= 0.3 is 5.97 Å². The molecule has 5 rings (SSSR count). The molecule has 2 aliphatic heterocycles. The van der Waals surface area contributed by atoms with Crippen LogP contribution in [-0.4, -0.2) is 16.8 Å². The molecule has 3 aromatic rings. The predicted octanol–water partition coefficient (Wildman–Crippen LogP) is 4.23. The van der Waals surface area contributed by atoms with Gasteiger partial charge in [-0.3, -0.25) is 9.69 Å². The van der Waals surface area contributed by atoms with Crippen LogP contribution in [0.15, 0.2) is 84.9 Å². The van der Waals surface area contributed by atoms with E-state index in [9.17, 15) is 9.59 Å². The molecule has 1 saturated heterocycles. The number of carbonyl (C=O) groups is 2. The van der Waals surface area contributed by atoms with Gasteiger partial charge in [-0.2, -0.15) is 0 Å². The molecule has 2 atom stereocenters. The molecule has 0 radical (unpaired) electrons. The molecule has 0 unspecified atom stereocenters. The molecule has 0 aliphatic carbocycles. The summed E-state index contributed by atoms with van der Waals surface area (Å²) in [5.74, 6) is -0.635. The summed E-state index contributed by atoms with van der Waals surface area (Å²) in [5, 5.41) is 0. The van der Waals surface area contributed by atoms with Crippen molar-refractivity contribution in [1.29, 1.82) is 0 Å². The lowest BCUT2D eigenvalue weighted by Crippen LogP contribution is -2.45. The van der Waals surface area contributed by atoms with Gasteiger partial charge in [0.15, 0.2) is 0 Å². The van der Waals surface area contributed by atoms with E-state index in [4.69, 9.17) is 4.74 Å². The zero-order valence-corrected chi connectivity index (χ0v) is 15.2. The Hall–Kier alpha value is -3.40. The number of amides is 1. The number of benzene rings is 3. The minimum Gasteiger partial charge on any atom is -0.430 e. The summed E-state index contributed by atoms with van der Waals surface area (Å²) in [7, 11) is 0. The number of hydrogen-bond donors (Lipinski definition) is 0. The highest BCUT2D eigenvalue weighted by Gasteiger charge is 2.61. The van der Waals surface area contributed by atoms with Crippen LogP contribution in [0.5, 0.6) is 0 Å². The third-order valence-electron chi connectivity index (χ3n) is 5.72. The van der Waals surface area contributed by atoms with Crippen LogP contribution < -0.4 is 0 Å². The van der Waals surface area contributed by atoms with Crippen LogP contribution in [0.1, 0.15) is 39.4 Å². The second-order valence-electron chi connectivity index (χ2n) is 7.26. The van der Waals surface area contributed by atoms with Gasteiger partial charge in [-0.1, -0.05) is 78.9 Å². The minimum absolute atomic E-state index is 0.0118. The van der Waals surface area contributed by atoms with Crippen LogP contribution in [0.4, 0.5) is 0 Å². The fourth-order valence-corrected chi connectivity index (χ4v) is 4.48. The van der Waals surface area contributed by atoms with E-state index in [0.29, 0.717) is 18.5 Å². The standard InChI is InChI=1S/C24H19NO3/c26-22-15-21(18-11-5-2-6-12-18)24(25(22)16-17-9-3-1-4-10-17)20-14-8-7-13-19(20)23(27)28-24/h1-14,21H,15-16H2/t21-,24+/m1/s1. The maximum atomic E-state index is 13.2. The number of esters is 1. The zero-order valence-electron chi connectivity index (χ0n) is 15.2. The molecule has 2 heterocycles. The molecule has 4 heteroatoms. The fraction of sp³-hybridized carbons (Fsp3) is 0.167. The Balaban J connectivity index is 1.69. The SMILES string of the molecule is O=C1O[C@@]2(c3ccccc31)[C@@H](c1ccccc1)CC(=O)N2Cc1ccccc1. The van der Waals surface area contributed by atoms with Crippen LogP contribution in [0.25, 0.3) is 0 Å². The first-order chi connectivity index (χ1) is 13.7. The minimum atomic E-state index is -1.11. The summed E-state index contributed by atoms with van der Waals surface area (Å²) in [5.41, 5.74) is 2.20. The van der Waals surface area contributed by atoms with Gasteiger partial charge in [0, 0.05) is 18.5 Å². The fourth-order valence-electron chi connectivity index (χ4n) is 4.48. The van der Waals surface area contributed by atoms with Crippen molar-refractivity contribution in [1.82, 2.24) is 4.90 Å². The van der Waals surface area contributed by atoms with Gasteiger partial charge in [-0.05, 0) is 17.2 Å². The molecule has 138 valence electrons. The number of fused-ring (bicyclic) bond motifs is 2. The number of hydrogen-bond acceptors (Lipinski definition) is 3. The number of carbonyl (C=O) groups excluding carboxylic acids is 2. The predicted molar refractivity (Wildman–Crippen MR) is 104 cm³/mol. The van der Waals surface area contributed by atoms with Crippen molar-refractivity contribution in [3.63, 3.8) is 0 Å². The Bertz CT molecular complexity index is 1050. The van der Waals surface area contributed by atoms with Crippen molar-refractivity contribution in [2.45, 2.75) is 24.6 Å². The molecular weight excluding hydrogens is 350 g/mol. The summed E-state index contributed by atoms with van der Waals surface area (Å²) in [4.78, 5) is 27.7. The summed E-state index contributed by atoms with van der Waals surface area (Å²) in [6.45, 7) is 0.393. The highest BCUT2D eigenvalue weighted by atomic mass is 16.6. The lowest BCUT2D eigenvalue weighted by molar-refractivity contribution is -0.149. The molecule has 0 aromatic heterocycles. The van der Waals surface area contributed by atoms with Crippen molar-refractivity contribution in [2.75, 3.05) is 0 Å². The van der Waals surface area contributed by atoms with Crippen molar-refractivity contribution in [3.05, 3.63) is 107 Å². The van der Waals surface area contributed by atoms with Gasteiger partial charge in [-0.15, -0.1) is 0 Å². The molecule has 0 N–H and O–H groups in total. The summed E-state index contributed by atoms with van der Waals surface area (Å²) < 4.78 is 6.07. The Labute approximate surface area is 163 Å². The van der Waals surface area contributed by atoms with Crippen molar-refractivity contribution in [3.8, 4) is 0 Å². The molecule has 0 saturated carbocycles. The first-order valence-corrected chi connectivity index (χ1v) is 9.42. The smallest absolute Gasteiger partial charge is 0.341 e. The molecule has 3 aromatic carbocycles. The van der Waals surface area contributed by atoms with Gasteiger partial charge in [0.05, 0.1) is 11.5 Å². The number of nitrogens with zero attached hydrogens (tertiary/aromatic N) is 1. The Morgan fingerprint density at radius 3 is 2.25 bits per heavy atom. The second-order valence-corrected chi connectivity index (χ2v) is 7.26. The van der Waals surface area contributed by atoms with Gasteiger partial charge in [0.25, 0.3) is 0 Å². The summed E-state index contributed by atoms with van der Waals surface area (Å²) in [6, 6.07) is 27.1. The van der Waals surface area contributed by atoms with Crippen LogP contribution in [0.2, 0.25) is 0 Å². The number of rotatable bonds is 3. The lowest BCUT2D eigenvalue weighted by Gasteiger charge is -2.38. The van der Waals surface area contributed by atoms with Gasteiger partial charge in [0.1, 0.15) is 0 Å². The summed E-state index contributed by atoms with van der Waals surface area (Å²) in [6.07, 6.45) is 0.304. The molecule has 1 amide bonds. The van der Waals surface area contributed by atoms with E-state index in [2.05, 4.69) is 0 Å². The maximum absolute atomic E-state index is 13.2. The molecule has 2 aliphatic rings. The molecule has 1 fully saturated rings. The first kappa shape index (κ1) is 16.8. The van der Waals surface area contributed by atoms with Crippen LogP contribution in [-0.2, 0) is 21.8 Å². The topological polar surface area (TPSA) is 46.6 Å². The van der Waals surface area contributed by atoms with Gasteiger partial charge in [-0.25, -0.2) is 4.79 Å². The highest BCUT2D eigenvalue weighted by molar-refractivity contribution is 5.96. The maximum Gasteiger partial charge on any atom is 0.341 e. The van der Waals surface area contributed by atoms with E-state index in [1.165, 1.54) is 0 Å². The lowest BCUT2D eigenvalue weighted by atomic mass is 9.83. The largest absolute Gasteiger partial charge is 0.430 e. The average Bonchev–Trinajstić information content (AvgIpc) is 3.19. The van der Waals surface area contributed by atoms with Gasteiger partial charge in [0.2, 0.25) is 11.6 Å². The van der Waals surface area contributed by atoms with E-state index in [0.717, 1.165) is 16.7 Å². The van der Waals surface area contributed by atoms with Crippen molar-refractivity contribution >= 4 is 11.9 Å². The second kappa shape index (κ2) is 6.34. The molecule has 0 bridgehead atoms. The van der Waals surface area contributed by atoms with E-state index in [1.807, 2.05) is 78.9 Å². The third kappa shape index (κ3) is 2.38. The Kier molecular flexibility index (Phi) is 3.79. The summed E-state index contributed by atoms with van der Waals surface area (Å²) >= 11 is 0. The molecule has 4 nitrogen and oxygen atoms in total. The zero-order chi connectivity index (χ0) is 19.1. The van der Waals surface area contributed by atoms with Crippen molar-refractivity contribution < 1.29 is 14.3 Å². The van der Waals surface area contributed by atoms with Crippen LogP contribution in [0.3, 0.4) is 0 Å². The normalized spacial score (nSPS) is 23.1.